The van der Waals surface area contributed by atoms with E-state index in [9.17, 15) is 4.91 Å². The van der Waals surface area contributed by atoms with Gasteiger partial charge in [0.2, 0.25) is 0 Å². The second kappa shape index (κ2) is 7.36. The fourth-order valence-corrected chi connectivity index (χ4v) is 2.99. The molecule has 0 bridgehead atoms. The number of aromatic nitrogens is 1. The second-order valence-corrected chi connectivity index (χ2v) is 5.70. The molecule has 0 radical (unpaired) electrons. The van der Waals surface area contributed by atoms with Crippen molar-refractivity contribution >= 4 is 22.7 Å². The van der Waals surface area contributed by atoms with E-state index < -0.39 is 0 Å². The van der Waals surface area contributed by atoms with Crippen molar-refractivity contribution < 1.29 is 4.74 Å². The van der Waals surface area contributed by atoms with Gasteiger partial charge in [-0.25, -0.2) is 0 Å². The minimum absolute atomic E-state index is 0.144. The van der Waals surface area contributed by atoms with Crippen LogP contribution < -0.4 is 0 Å². The molecule has 0 spiro atoms. The van der Waals surface area contributed by atoms with E-state index >= 15 is 0 Å². The summed E-state index contributed by atoms with van der Waals surface area (Å²) < 4.78 is 5.14. The molecule has 0 aliphatic carbocycles. The van der Waals surface area contributed by atoms with Gasteiger partial charge in [-0.05, 0) is 24.6 Å². The first kappa shape index (κ1) is 14.9. The molecule has 1 heterocycles. The van der Waals surface area contributed by atoms with Crippen LogP contribution in [0.15, 0.2) is 41.7 Å². The zero-order chi connectivity index (χ0) is 14.4. The van der Waals surface area contributed by atoms with Crippen molar-refractivity contribution in [2.45, 2.75) is 24.8 Å². The molecule has 0 fully saturated rings. The Labute approximate surface area is 122 Å². The van der Waals surface area contributed by atoms with Gasteiger partial charge < -0.3 is 4.74 Å². The lowest BCUT2D eigenvalue weighted by Crippen LogP contribution is -2.25. The van der Waals surface area contributed by atoms with E-state index in [1.807, 2.05) is 31.3 Å². The van der Waals surface area contributed by atoms with Gasteiger partial charge in [-0.3, -0.25) is 4.98 Å². The second-order valence-electron chi connectivity index (χ2n) is 4.66. The van der Waals surface area contributed by atoms with E-state index in [4.69, 9.17) is 4.74 Å². The number of benzene rings is 1. The highest BCUT2D eigenvalue weighted by Crippen LogP contribution is 2.19. The molecule has 2 unspecified atom stereocenters. The van der Waals surface area contributed by atoms with Crippen LogP contribution in [-0.2, 0) is 10.5 Å². The largest absolute Gasteiger partial charge is 0.379 e. The zero-order valence-electron chi connectivity index (χ0n) is 11.7. The highest BCUT2D eigenvalue weighted by atomic mass is 32.2. The average Bonchev–Trinajstić information content (AvgIpc) is 2.50. The molecular formula is C15H18N2O2S. The van der Waals surface area contributed by atoms with Crippen molar-refractivity contribution in [2.75, 3.05) is 12.9 Å². The van der Waals surface area contributed by atoms with E-state index in [1.165, 1.54) is 0 Å². The Kier molecular flexibility index (Phi) is 5.49. The fourth-order valence-electron chi connectivity index (χ4n) is 1.90. The zero-order valence-corrected chi connectivity index (χ0v) is 12.5. The number of hydrogen-bond acceptors (Lipinski definition) is 5. The smallest absolute Gasteiger partial charge is 0.127 e. The van der Waals surface area contributed by atoms with Gasteiger partial charge in [-0.15, -0.1) is 0 Å². The number of nitrogens with zero attached hydrogens (tertiary/aromatic N) is 2. The first-order valence-corrected chi connectivity index (χ1v) is 7.66. The number of para-hydroxylation sites is 1. The molecule has 0 aliphatic heterocycles. The highest BCUT2D eigenvalue weighted by molar-refractivity contribution is 7.98. The number of pyridine rings is 1. The monoisotopic (exact) mass is 290 g/mol. The van der Waals surface area contributed by atoms with E-state index in [0.29, 0.717) is 5.75 Å². The Bertz CT molecular complexity index is 577. The average molecular weight is 290 g/mol. The predicted molar refractivity (Wildman–Crippen MR) is 84.0 cm³/mol. The van der Waals surface area contributed by atoms with Crippen LogP contribution in [0.2, 0.25) is 0 Å². The molecule has 2 atom stereocenters. The number of thioether (sulfide) groups is 1. The summed E-state index contributed by atoms with van der Waals surface area (Å²) in [5.41, 5.74) is 2.16. The summed E-state index contributed by atoms with van der Waals surface area (Å²) in [5, 5.41) is 4.27. The minimum atomic E-state index is -0.307. The van der Waals surface area contributed by atoms with Crippen molar-refractivity contribution in [1.29, 1.82) is 0 Å². The Hall–Kier alpha value is -1.46. The molecule has 0 aliphatic rings. The summed E-state index contributed by atoms with van der Waals surface area (Å²) >= 11 is 1.68. The lowest BCUT2D eigenvalue weighted by molar-refractivity contribution is 0.102. The first-order chi connectivity index (χ1) is 9.74. The van der Waals surface area contributed by atoms with Gasteiger partial charge in [0.1, 0.15) is 6.04 Å². The van der Waals surface area contributed by atoms with Gasteiger partial charge in [-0.1, -0.05) is 23.4 Å². The Balaban J connectivity index is 1.94. The third-order valence-electron chi connectivity index (χ3n) is 3.25. The summed E-state index contributed by atoms with van der Waals surface area (Å²) in [4.78, 5) is 15.2. The lowest BCUT2D eigenvalue weighted by atomic mass is 10.2. The molecule has 5 heteroatoms. The quantitative estimate of drug-likeness (QED) is 0.731. The molecular weight excluding hydrogens is 272 g/mol. The third kappa shape index (κ3) is 3.77. The van der Waals surface area contributed by atoms with E-state index in [1.54, 1.807) is 18.9 Å². The van der Waals surface area contributed by atoms with Gasteiger partial charge in [0.25, 0.3) is 0 Å². The topological polar surface area (TPSA) is 51.6 Å². The van der Waals surface area contributed by atoms with Crippen molar-refractivity contribution in [3.63, 3.8) is 0 Å². The first-order valence-electron chi connectivity index (χ1n) is 6.51. The SMILES string of the molecule is COC(C)C(CSCc1cnc2ccccc2c1)N=O. The van der Waals surface area contributed by atoms with Gasteiger partial charge in [0, 0.05) is 30.2 Å². The van der Waals surface area contributed by atoms with Crippen LogP contribution in [0.3, 0.4) is 0 Å². The van der Waals surface area contributed by atoms with Crippen molar-refractivity contribution in [3.8, 4) is 0 Å². The number of rotatable bonds is 7. The molecule has 106 valence electrons. The maximum absolute atomic E-state index is 10.8. The molecule has 1 aromatic heterocycles. The normalized spacial score (nSPS) is 14.1. The summed E-state index contributed by atoms with van der Waals surface area (Å²) in [6.07, 6.45) is 1.74. The van der Waals surface area contributed by atoms with Crippen LogP contribution in [-0.4, -0.2) is 30.0 Å². The molecule has 4 nitrogen and oxygen atoms in total. The van der Waals surface area contributed by atoms with Gasteiger partial charge in [0.15, 0.2) is 0 Å². The van der Waals surface area contributed by atoms with E-state index in [0.717, 1.165) is 22.2 Å². The van der Waals surface area contributed by atoms with Crippen LogP contribution in [0.25, 0.3) is 10.9 Å². The van der Waals surface area contributed by atoms with E-state index in [2.05, 4.69) is 22.3 Å². The predicted octanol–water partition coefficient (Wildman–Crippen LogP) is 3.64. The van der Waals surface area contributed by atoms with Crippen molar-refractivity contribution in [2.24, 2.45) is 5.18 Å². The molecule has 0 saturated heterocycles. The number of nitroso groups, excluding NO2 is 1. The van der Waals surface area contributed by atoms with E-state index in [-0.39, 0.29) is 12.1 Å². The van der Waals surface area contributed by atoms with Crippen LogP contribution in [0.1, 0.15) is 12.5 Å². The third-order valence-corrected chi connectivity index (χ3v) is 4.37. The highest BCUT2D eigenvalue weighted by Gasteiger charge is 2.17. The standard InChI is InChI=1S/C15H18N2O2S/c1-11(19-2)15(17-18)10-20-9-12-7-13-5-3-4-6-14(13)16-8-12/h3-8,11,15H,9-10H2,1-2H3. The van der Waals surface area contributed by atoms with Crippen LogP contribution in [0.5, 0.6) is 0 Å². The molecule has 1 aromatic carbocycles. The minimum Gasteiger partial charge on any atom is -0.379 e. The molecule has 0 N–H and O–H groups in total. The van der Waals surface area contributed by atoms with Gasteiger partial charge in [0.05, 0.1) is 11.6 Å². The Morgan fingerprint density at radius 3 is 2.95 bits per heavy atom. The maximum Gasteiger partial charge on any atom is 0.127 e. The van der Waals surface area contributed by atoms with Gasteiger partial charge >= 0.3 is 0 Å². The van der Waals surface area contributed by atoms with Crippen molar-refractivity contribution in [3.05, 3.63) is 47.0 Å². The number of hydrogen-bond donors (Lipinski definition) is 0. The van der Waals surface area contributed by atoms with Crippen molar-refractivity contribution in [1.82, 2.24) is 4.98 Å². The lowest BCUT2D eigenvalue weighted by Gasteiger charge is -2.15. The molecule has 20 heavy (non-hydrogen) atoms. The summed E-state index contributed by atoms with van der Waals surface area (Å²) in [6.45, 7) is 1.87. The molecule has 2 aromatic rings. The van der Waals surface area contributed by atoms with Crippen LogP contribution >= 0.6 is 11.8 Å². The fraction of sp³-hybridized carbons (Fsp3) is 0.400. The Morgan fingerprint density at radius 1 is 1.40 bits per heavy atom. The molecule has 0 saturated carbocycles. The van der Waals surface area contributed by atoms with Crippen LogP contribution in [0.4, 0.5) is 0 Å². The number of fused-ring (bicyclic) bond motifs is 1. The number of methoxy groups -OCH3 is 1. The maximum atomic E-state index is 10.8. The Morgan fingerprint density at radius 2 is 2.20 bits per heavy atom. The molecule has 2 rings (SSSR count). The summed E-state index contributed by atoms with van der Waals surface area (Å²) in [6, 6.07) is 9.87. The molecule has 0 amide bonds. The summed E-state index contributed by atoms with van der Waals surface area (Å²) in [5.74, 6) is 1.48. The van der Waals surface area contributed by atoms with Gasteiger partial charge in [-0.2, -0.15) is 16.7 Å². The summed E-state index contributed by atoms with van der Waals surface area (Å²) in [7, 11) is 1.60. The number of ether oxygens (including phenoxy) is 1. The van der Waals surface area contributed by atoms with Crippen LogP contribution in [0, 0.1) is 4.91 Å².